The van der Waals surface area contributed by atoms with Crippen molar-refractivity contribution in [3.05, 3.63) is 56.4 Å². The largest absolute Gasteiger partial charge is 0.351 e. The van der Waals surface area contributed by atoms with Crippen LogP contribution in [0.25, 0.3) is 10.2 Å². The molecule has 0 saturated carbocycles. The Morgan fingerprint density at radius 3 is 2.96 bits per heavy atom. The molecule has 148 valence electrons. The van der Waals surface area contributed by atoms with E-state index in [-0.39, 0.29) is 28.8 Å². The van der Waals surface area contributed by atoms with Gasteiger partial charge in [-0.25, -0.2) is 9.37 Å². The summed E-state index contributed by atoms with van der Waals surface area (Å²) in [6, 6.07) is 6.14. The van der Waals surface area contributed by atoms with E-state index in [1.54, 1.807) is 10.6 Å². The number of hydrogen-bond acceptors (Lipinski definition) is 5. The van der Waals surface area contributed by atoms with E-state index >= 15 is 0 Å². The molecule has 0 atom stereocenters. The molecule has 3 rings (SSSR count). The zero-order valence-corrected chi connectivity index (χ0v) is 17.6. The van der Waals surface area contributed by atoms with Gasteiger partial charge in [-0.05, 0) is 35.6 Å². The van der Waals surface area contributed by atoms with Crippen LogP contribution in [0.2, 0.25) is 5.02 Å². The Morgan fingerprint density at radius 2 is 2.21 bits per heavy atom. The van der Waals surface area contributed by atoms with Gasteiger partial charge < -0.3 is 5.32 Å². The first-order valence-electron chi connectivity index (χ1n) is 8.81. The van der Waals surface area contributed by atoms with E-state index in [2.05, 4.69) is 17.2 Å². The second kappa shape index (κ2) is 9.54. The molecule has 9 heteroatoms. The fraction of sp³-hybridized carbons (Fsp3) is 0.316. The lowest BCUT2D eigenvalue weighted by Gasteiger charge is -2.11. The van der Waals surface area contributed by atoms with Crippen LogP contribution in [0.5, 0.6) is 0 Å². The Kier molecular flexibility index (Phi) is 7.09. The molecule has 2 heterocycles. The number of hydrogen-bond donors (Lipinski definition) is 1. The number of amides is 1. The Bertz CT molecular complexity index is 1050. The van der Waals surface area contributed by atoms with Crippen LogP contribution in [0.15, 0.2) is 39.6 Å². The smallest absolute Gasteiger partial charge is 0.272 e. The first-order chi connectivity index (χ1) is 13.5. The molecular formula is C19H19ClFN3O2S2. The molecule has 0 bridgehead atoms. The van der Waals surface area contributed by atoms with Gasteiger partial charge in [-0.3, -0.25) is 14.2 Å². The Morgan fingerprint density at radius 1 is 1.39 bits per heavy atom. The van der Waals surface area contributed by atoms with Gasteiger partial charge in [0.05, 0.1) is 16.3 Å². The zero-order valence-electron chi connectivity index (χ0n) is 15.2. The van der Waals surface area contributed by atoms with Gasteiger partial charge >= 0.3 is 0 Å². The number of nitrogens with zero attached hydrogens (tertiary/aromatic N) is 2. The first-order valence-corrected chi connectivity index (χ1v) is 11.1. The minimum atomic E-state index is -0.493. The van der Waals surface area contributed by atoms with Crippen LogP contribution in [-0.4, -0.2) is 21.2 Å². The Hall–Kier alpha value is -1.90. The number of rotatable bonds is 8. The minimum absolute atomic E-state index is 0.0225. The number of thiophene rings is 1. The van der Waals surface area contributed by atoms with Gasteiger partial charge in [0.1, 0.15) is 10.5 Å². The molecular weight excluding hydrogens is 421 g/mol. The van der Waals surface area contributed by atoms with E-state index < -0.39 is 5.82 Å². The third-order valence-electron chi connectivity index (χ3n) is 4.07. The van der Waals surface area contributed by atoms with Crippen LogP contribution in [0, 0.1) is 5.82 Å². The van der Waals surface area contributed by atoms with Gasteiger partial charge in [0, 0.05) is 13.1 Å². The lowest BCUT2D eigenvalue weighted by Crippen LogP contribution is -2.26. The maximum atomic E-state index is 13.2. The third kappa shape index (κ3) is 4.92. The summed E-state index contributed by atoms with van der Waals surface area (Å²) >= 11 is 8.37. The quantitative estimate of drug-likeness (QED) is 0.415. The number of halogens is 2. The molecule has 0 spiro atoms. The third-order valence-corrected chi connectivity index (χ3v) is 6.23. The number of nitrogens with one attached hydrogen (secondary N) is 1. The van der Waals surface area contributed by atoms with Gasteiger partial charge in [0.15, 0.2) is 5.16 Å². The molecule has 0 aliphatic heterocycles. The second-order valence-corrected chi connectivity index (χ2v) is 8.42. The average Bonchev–Trinajstić information content (AvgIpc) is 3.15. The van der Waals surface area contributed by atoms with Crippen molar-refractivity contribution in [1.82, 2.24) is 14.9 Å². The highest BCUT2D eigenvalue weighted by Crippen LogP contribution is 2.21. The molecule has 0 fully saturated rings. The van der Waals surface area contributed by atoms with Crippen LogP contribution in [0.4, 0.5) is 4.39 Å². The minimum Gasteiger partial charge on any atom is -0.351 e. The molecule has 0 radical (unpaired) electrons. The van der Waals surface area contributed by atoms with Crippen molar-refractivity contribution in [3.8, 4) is 0 Å². The van der Waals surface area contributed by atoms with Crippen molar-refractivity contribution in [2.24, 2.45) is 0 Å². The highest BCUT2D eigenvalue weighted by Gasteiger charge is 2.14. The number of fused-ring (bicyclic) bond motifs is 1. The normalized spacial score (nSPS) is 11.1. The molecule has 0 aliphatic rings. The van der Waals surface area contributed by atoms with E-state index in [9.17, 15) is 14.0 Å². The number of benzene rings is 1. The van der Waals surface area contributed by atoms with E-state index in [0.717, 1.165) is 12.8 Å². The van der Waals surface area contributed by atoms with E-state index in [1.165, 1.54) is 35.2 Å². The maximum Gasteiger partial charge on any atom is 0.272 e. The summed E-state index contributed by atoms with van der Waals surface area (Å²) in [5.41, 5.74) is 1.31. The van der Waals surface area contributed by atoms with Crippen molar-refractivity contribution in [1.29, 1.82) is 0 Å². The first kappa shape index (κ1) is 20.8. The summed E-state index contributed by atoms with van der Waals surface area (Å²) < 4.78 is 15.5. The predicted molar refractivity (Wildman–Crippen MR) is 113 cm³/mol. The van der Waals surface area contributed by atoms with Crippen molar-refractivity contribution in [2.75, 3.05) is 5.75 Å². The Balaban J connectivity index is 1.67. The van der Waals surface area contributed by atoms with Gasteiger partial charge in [0.2, 0.25) is 5.91 Å². The maximum absolute atomic E-state index is 13.2. The molecule has 1 amide bonds. The molecule has 28 heavy (non-hydrogen) atoms. The number of aromatic nitrogens is 2. The molecule has 0 saturated heterocycles. The molecule has 1 N–H and O–H groups in total. The molecule has 2 aromatic heterocycles. The number of carbonyl (C=O) groups excluding carboxylic acids is 1. The summed E-state index contributed by atoms with van der Waals surface area (Å²) in [6.07, 6.45) is 1.82. The van der Waals surface area contributed by atoms with Crippen molar-refractivity contribution in [2.45, 2.75) is 38.0 Å². The summed E-state index contributed by atoms with van der Waals surface area (Å²) in [5, 5.41) is 5.18. The van der Waals surface area contributed by atoms with Gasteiger partial charge in [-0.1, -0.05) is 42.8 Å². The fourth-order valence-corrected chi connectivity index (χ4v) is 4.42. The van der Waals surface area contributed by atoms with Gasteiger partial charge in [0.25, 0.3) is 5.56 Å². The van der Waals surface area contributed by atoms with Crippen molar-refractivity contribution >= 4 is 50.8 Å². The summed E-state index contributed by atoms with van der Waals surface area (Å²) in [7, 11) is 0. The van der Waals surface area contributed by atoms with E-state index in [4.69, 9.17) is 11.6 Å². The lowest BCUT2D eigenvalue weighted by molar-refractivity contribution is -0.118. The highest BCUT2D eigenvalue weighted by molar-refractivity contribution is 7.99. The van der Waals surface area contributed by atoms with Crippen LogP contribution >= 0.6 is 34.7 Å². The summed E-state index contributed by atoms with van der Waals surface area (Å²) in [4.78, 5) is 29.5. The zero-order chi connectivity index (χ0) is 20.1. The molecule has 3 aromatic rings. The average molecular weight is 440 g/mol. The van der Waals surface area contributed by atoms with Gasteiger partial charge in [-0.15, -0.1) is 11.3 Å². The van der Waals surface area contributed by atoms with Crippen molar-refractivity contribution < 1.29 is 9.18 Å². The SMILES string of the molecule is CCCCn1c(SCC(=O)NCc2ccc(F)c(Cl)c2)nc2ccsc2c1=O. The summed E-state index contributed by atoms with van der Waals surface area (Å²) in [6.45, 7) is 2.89. The fourth-order valence-electron chi connectivity index (χ4n) is 2.58. The van der Waals surface area contributed by atoms with Gasteiger partial charge in [-0.2, -0.15) is 0 Å². The lowest BCUT2D eigenvalue weighted by atomic mass is 10.2. The number of carbonyl (C=O) groups is 1. The van der Waals surface area contributed by atoms with Crippen molar-refractivity contribution in [3.63, 3.8) is 0 Å². The van der Waals surface area contributed by atoms with Crippen LogP contribution in [-0.2, 0) is 17.9 Å². The van der Waals surface area contributed by atoms with E-state index in [0.29, 0.717) is 27.5 Å². The van der Waals surface area contributed by atoms with Crippen LogP contribution < -0.4 is 10.9 Å². The van der Waals surface area contributed by atoms with Crippen LogP contribution in [0.1, 0.15) is 25.3 Å². The van der Waals surface area contributed by atoms with Crippen LogP contribution in [0.3, 0.4) is 0 Å². The number of unbranched alkanes of at least 4 members (excludes halogenated alkanes) is 1. The molecule has 5 nitrogen and oxygen atoms in total. The predicted octanol–water partition coefficient (Wildman–Crippen LogP) is 4.46. The second-order valence-electron chi connectivity index (χ2n) is 6.15. The van der Waals surface area contributed by atoms with E-state index in [1.807, 2.05) is 11.4 Å². The Labute approximate surface area is 174 Å². The number of thioether (sulfide) groups is 1. The molecule has 0 unspecified atom stereocenters. The topological polar surface area (TPSA) is 64.0 Å². The summed E-state index contributed by atoms with van der Waals surface area (Å²) in [5.74, 6) is -0.567. The monoisotopic (exact) mass is 439 g/mol. The molecule has 0 aliphatic carbocycles. The highest BCUT2D eigenvalue weighted by atomic mass is 35.5. The standard InChI is InChI=1S/C19H19ClFN3O2S2/c1-2-3-7-24-18(26)17-15(6-8-27-17)23-19(24)28-11-16(25)22-10-12-4-5-14(21)13(20)9-12/h4-6,8-9H,2-3,7,10-11H2,1H3,(H,22,25). The molecule has 1 aromatic carbocycles.